The minimum absolute atomic E-state index is 0.0953. The minimum atomic E-state index is -0.347. The Kier molecular flexibility index (Phi) is 9.02. The van der Waals surface area contributed by atoms with E-state index in [0.717, 1.165) is 5.56 Å². The fraction of sp³-hybridized carbons (Fsp3) is 0.273. The molecule has 0 heterocycles. The van der Waals surface area contributed by atoms with Gasteiger partial charge in [-0.3, -0.25) is 9.59 Å². The summed E-state index contributed by atoms with van der Waals surface area (Å²) < 4.78 is 10.5. The maximum Gasteiger partial charge on any atom is 0.247 e. The summed E-state index contributed by atoms with van der Waals surface area (Å²) in [6.45, 7) is 2.28. The van der Waals surface area contributed by atoms with Crippen LogP contribution >= 0.6 is 23.2 Å². The Morgan fingerprint density at radius 2 is 1.80 bits per heavy atom. The third-order valence-electron chi connectivity index (χ3n) is 4.17. The molecular formula is C22H24Cl2N2O4. The Morgan fingerprint density at radius 1 is 1.07 bits per heavy atom. The molecule has 0 radical (unpaired) electrons. The Labute approximate surface area is 186 Å². The van der Waals surface area contributed by atoms with E-state index < -0.39 is 0 Å². The van der Waals surface area contributed by atoms with Gasteiger partial charge in [0, 0.05) is 17.6 Å². The lowest BCUT2D eigenvalue weighted by Crippen LogP contribution is -2.37. The summed E-state index contributed by atoms with van der Waals surface area (Å²) >= 11 is 12.0. The molecule has 1 N–H and O–H groups in total. The van der Waals surface area contributed by atoms with Crippen LogP contribution in [0.4, 0.5) is 5.69 Å². The van der Waals surface area contributed by atoms with Crippen LogP contribution in [-0.4, -0.2) is 44.0 Å². The highest BCUT2D eigenvalue weighted by Crippen LogP contribution is 2.28. The van der Waals surface area contributed by atoms with Gasteiger partial charge >= 0.3 is 0 Å². The van der Waals surface area contributed by atoms with Gasteiger partial charge < -0.3 is 19.7 Å². The van der Waals surface area contributed by atoms with Crippen LogP contribution in [0, 0.1) is 0 Å². The summed E-state index contributed by atoms with van der Waals surface area (Å²) in [5.41, 5.74) is 1.21. The molecule has 6 nitrogen and oxygen atoms in total. The van der Waals surface area contributed by atoms with Gasteiger partial charge in [-0.1, -0.05) is 36.2 Å². The smallest absolute Gasteiger partial charge is 0.247 e. The van der Waals surface area contributed by atoms with E-state index in [-0.39, 0.29) is 18.4 Å². The molecule has 2 aromatic rings. The number of ether oxygens (including phenoxy) is 2. The first-order valence-corrected chi connectivity index (χ1v) is 10.1. The van der Waals surface area contributed by atoms with Crippen molar-refractivity contribution in [3.8, 4) is 11.5 Å². The monoisotopic (exact) mass is 450 g/mol. The fourth-order valence-electron chi connectivity index (χ4n) is 2.72. The van der Waals surface area contributed by atoms with Crippen molar-refractivity contribution in [2.24, 2.45) is 0 Å². The summed E-state index contributed by atoms with van der Waals surface area (Å²) in [5, 5.41) is 3.51. The molecule has 0 unspecified atom stereocenters. The molecule has 0 aromatic heterocycles. The number of amides is 2. The number of carbonyl (C=O) groups is 2. The van der Waals surface area contributed by atoms with Crippen LogP contribution in [0.15, 0.2) is 42.5 Å². The zero-order chi connectivity index (χ0) is 22.1. The van der Waals surface area contributed by atoms with Crippen molar-refractivity contribution in [3.05, 3.63) is 58.1 Å². The van der Waals surface area contributed by atoms with Crippen LogP contribution in [0.3, 0.4) is 0 Å². The molecule has 0 aliphatic rings. The molecule has 0 aliphatic carbocycles. The van der Waals surface area contributed by atoms with Gasteiger partial charge in [-0.15, -0.1) is 0 Å². The number of carbonyl (C=O) groups excluding carboxylic acids is 2. The lowest BCUT2D eigenvalue weighted by atomic mass is 10.2. The molecule has 0 spiro atoms. The van der Waals surface area contributed by atoms with E-state index in [2.05, 4.69) is 5.32 Å². The van der Waals surface area contributed by atoms with Gasteiger partial charge in [0.2, 0.25) is 11.8 Å². The maximum absolute atomic E-state index is 12.6. The summed E-state index contributed by atoms with van der Waals surface area (Å²) in [5.74, 6) is 0.548. The largest absolute Gasteiger partial charge is 0.493 e. The zero-order valence-electron chi connectivity index (χ0n) is 17.1. The minimum Gasteiger partial charge on any atom is -0.493 e. The number of nitrogens with one attached hydrogen (secondary N) is 1. The Bertz CT molecular complexity index is 931. The van der Waals surface area contributed by atoms with Gasteiger partial charge in [-0.05, 0) is 48.4 Å². The number of hydrogen-bond donors (Lipinski definition) is 1. The molecule has 0 fully saturated rings. The van der Waals surface area contributed by atoms with Crippen molar-refractivity contribution < 1.29 is 19.1 Å². The molecule has 0 saturated heterocycles. The third kappa shape index (κ3) is 6.68. The molecule has 2 rings (SSSR count). The van der Waals surface area contributed by atoms with Crippen LogP contribution in [0.25, 0.3) is 6.08 Å². The molecule has 0 aliphatic heterocycles. The average Bonchev–Trinajstić information content (AvgIpc) is 2.73. The Morgan fingerprint density at radius 3 is 2.43 bits per heavy atom. The number of anilines is 1. The van der Waals surface area contributed by atoms with Crippen LogP contribution in [-0.2, 0) is 9.59 Å². The first-order valence-electron chi connectivity index (χ1n) is 9.31. The zero-order valence-corrected chi connectivity index (χ0v) is 18.6. The van der Waals surface area contributed by atoms with Gasteiger partial charge in [0.25, 0.3) is 0 Å². The van der Waals surface area contributed by atoms with Gasteiger partial charge in [0.1, 0.15) is 6.54 Å². The normalized spacial score (nSPS) is 10.7. The number of rotatable bonds is 9. The lowest BCUT2D eigenvalue weighted by molar-refractivity contribution is -0.130. The van der Waals surface area contributed by atoms with Gasteiger partial charge in [-0.2, -0.15) is 0 Å². The number of benzene rings is 2. The first-order chi connectivity index (χ1) is 14.4. The standard InChI is InChI=1S/C22H24Cl2N2O4/c1-4-11-26(14-21(27)25-18-8-7-16(23)13-17(18)24)22(28)10-6-15-5-9-19(29-2)20(12-15)30-3/h5-10,12-13H,4,11,14H2,1-3H3,(H,25,27)/b10-6+. The number of methoxy groups -OCH3 is 2. The molecule has 0 bridgehead atoms. The third-order valence-corrected chi connectivity index (χ3v) is 4.72. The van der Waals surface area contributed by atoms with Crippen LogP contribution < -0.4 is 14.8 Å². The Hall–Kier alpha value is -2.70. The topological polar surface area (TPSA) is 67.9 Å². The van der Waals surface area contributed by atoms with Gasteiger partial charge in [0.15, 0.2) is 11.5 Å². The summed E-state index contributed by atoms with van der Waals surface area (Å²) in [6.07, 6.45) is 3.81. The SMILES string of the molecule is CCCN(CC(=O)Nc1ccc(Cl)cc1Cl)C(=O)/C=C/c1ccc(OC)c(OC)c1. The molecule has 160 valence electrons. The molecular weight excluding hydrogens is 427 g/mol. The van der Waals surface area contributed by atoms with E-state index >= 15 is 0 Å². The second kappa shape index (κ2) is 11.5. The molecule has 0 saturated carbocycles. The molecule has 8 heteroatoms. The highest BCUT2D eigenvalue weighted by atomic mass is 35.5. The van der Waals surface area contributed by atoms with Crippen molar-refractivity contribution in [3.63, 3.8) is 0 Å². The molecule has 2 aromatic carbocycles. The fourth-order valence-corrected chi connectivity index (χ4v) is 3.18. The predicted octanol–water partition coefficient (Wildman–Crippen LogP) is 4.90. The molecule has 2 amide bonds. The van der Waals surface area contributed by atoms with Crippen LogP contribution in [0.1, 0.15) is 18.9 Å². The summed E-state index contributed by atoms with van der Waals surface area (Å²) in [6, 6.07) is 10.1. The first kappa shape index (κ1) is 23.6. The van der Waals surface area contributed by atoms with Gasteiger partial charge in [-0.25, -0.2) is 0 Å². The Balaban J connectivity index is 2.06. The van der Waals surface area contributed by atoms with Crippen molar-refractivity contribution in [2.75, 3.05) is 32.6 Å². The highest BCUT2D eigenvalue weighted by molar-refractivity contribution is 6.36. The van der Waals surface area contributed by atoms with E-state index in [0.29, 0.717) is 40.2 Å². The van der Waals surface area contributed by atoms with Crippen molar-refractivity contribution in [1.82, 2.24) is 4.90 Å². The predicted molar refractivity (Wildman–Crippen MR) is 121 cm³/mol. The van der Waals surface area contributed by atoms with Crippen LogP contribution in [0.2, 0.25) is 10.0 Å². The van der Waals surface area contributed by atoms with E-state index in [9.17, 15) is 9.59 Å². The maximum atomic E-state index is 12.6. The van der Waals surface area contributed by atoms with E-state index in [4.69, 9.17) is 32.7 Å². The lowest BCUT2D eigenvalue weighted by Gasteiger charge is -2.20. The van der Waals surface area contributed by atoms with E-state index in [1.165, 1.54) is 11.0 Å². The van der Waals surface area contributed by atoms with Gasteiger partial charge in [0.05, 0.1) is 24.9 Å². The van der Waals surface area contributed by atoms with Crippen LogP contribution in [0.5, 0.6) is 11.5 Å². The molecule has 0 atom stereocenters. The van der Waals surface area contributed by atoms with Crippen molar-refractivity contribution in [2.45, 2.75) is 13.3 Å². The number of nitrogens with zero attached hydrogens (tertiary/aromatic N) is 1. The second-order valence-electron chi connectivity index (χ2n) is 6.38. The second-order valence-corrected chi connectivity index (χ2v) is 7.22. The average molecular weight is 451 g/mol. The van der Waals surface area contributed by atoms with E-state index in [1.54, 1.807) is 50.6 Å². The summed E-state index contributed by atoms with van der Waals surface area (Å²) in [7, 11) is 3.10. The highest BCUT2D eigenvalue weighted by Gasteiger charge is 2.15. The van der Waals surface area contributed by atoms with Crippen molar-refractivity contribution >= 4 is 46.8 Å². The number of halogens is 2. The quantitative estimate of drug-likeness (QED) is 0.551. The van der Waals surface area contributed by atoms with E-state index in [1.807, 2.05) is 13.0 Å². The number of hydrogen-bond acceptors (Lipinski definition) is 4. The summed E-state index contributed by atoms with van der Waals surface area (Å²) in [4.78, 5) is 26.5. The van der Waals surface area contributed by atoms with Crippen molar-refractivity contribution in [1.29, 1.82) is 0 Å². The molecule has 30 heavy (non-hydrogen) atoms.